The molecule has 5 nitrogen and oxygen atoms in total. The number of benzene rings is 1. The summed E-state index contributed by atoms with van der Waals surface area (Å²) in [4.78, 5) is 11.9. The van der Waals surface area contributed by atoms with E-state index in [2.05, 4.69) is 10.6 Å². The zero-order chi connectivity index (χ0) is 14.3. The maximum absolute atomic E-state index is 13.1. The lowest BCUT2D eigenvalue weighted by atomic mass is 10.0. The highest BCUT2D eigenvalue weighted by Crippen LogP contribution is 2.32. The largest absolute Gasteiger partial charge is 0.324 e. The maximum Gasteiger partial charge on any atom is 0.246 e. The molecule has 0 saturated carbocycles. The van der Waals surface area contributed by atoms with E-state index in [-0.39, 0.29) is 23.5 Å². The highest BCUT2D eigenvalue weighted by Gasteiger charge is 2.34. The van der Waals surface area contributed by atoms with E-state index in [9.17, 15) is 17.6 Å². The lowest BCUT2D eigenvalue weighted by molar-refractivity contribution is -0.117. The van der Waals surface area contributed by atoms with Gasteiger partial charge in [-0.1, -0.05) is 6.07 Å². The van der Waals surface area contributed by atoms with Crippen LogP contribution >= 0.6 is 0 Å². The van der Waals surface area contributed by atoms with Gasteiger partial charge in [0.2, 0.25) is 5.91 Å². The van der Waals surface area contributed by atoms with E-state index in [0.29, 0.717) is 24.1 Å². The zero-order valence-corrected chi connectivity index (χ0v) is 11.5. The Kier molecular flexibility index (Phi) is 3.25. The molecule has 7 heteroatoms. The van der Waals surface area contributed by atoms with E-state index in [4.69, 9.17) is 0 Å². The Morgan fingerprint density at radius 3 is 2.65 bits per heavy atom. The van der Waals surface area contributed by atoms with Crippen LogP contribution in [-0.2, 0) is 14.6 Å². The first-order valence-electron chi connectivity index (χ1n) is 6.51. The molecule has 2 heterocycles. The molecular formula is C13H15FN2O3S. The van der Waals surface area contributed by atoms with Gasteiger partial charge in [0.1, 0.15) is 21.7 Å². The summed E-state index contributed by atoms with van der Waals surface area (Å²) in [5.74, 6) is -0.322. The summed E-state index contributed by atoms with van der Waals surface area (Å²) in [6.07, 6.45) is 1.01. The first-order valence-corrected chi connectivity index (χ1v) is 8.33. The van der Waals surface area contributed by atoms with E-state index in [1.54, 1.807) is 6.07 Å². The van der Waals surface area contributed by atoms with Crippen LogP contribution in [0.2, 0.25) is 0 Å². The lowest BCUT2D eigenvalue weighted by Crippen LogP contribution is -2.41. The number of carbonyl (C=O) groups excluding carboxylic acids is 1. The topological polar surface area (TPSA) is 75.3 Å². The van der Waals surface area contributed by atoms with Crippen LogP contribution in [0.25, 0.3) is 0 Å². The Bertz CT molecular complexity index is 646. The molecule has 0 aromatic heterocycles. The van der Waals surface area contributed by atoms with Crippen LogP contribution in [-0.4, -0.2) is 31.9 Å². The minimum Gasteiger partial charge on any atom is -0.324 e. The van der Waals surface area contributed by atoms with Crippen molar-refractivity contribution in [3.05, 3.63) is 29.6 Å². The van der Waals surface area contributed by atoms with Gasteiger partial charge in [0, 0.05) is 17.3 Å². The summed E-state index contributed by atoms with van der Waals surface area (Å²) in [5, 5.41) is 5.82. The predicted octanol–water partition coefficient (Wildman–Crippen LogP) is 0.986. The van der Waals surface area contributed by atoms with Gasteiger partial charge in [-0.25, -0.2) is 12.8 Å². The van der Waals surface area contributed by atoms with E-state index in [1.165, 1.54) is 12.1 Å². The maximum atomic E-state index is 13.1. The van der Waals surface area contributed by atoms with E-state index in [0.717, 1.165) is 0 Å². The van der Waals surface area contributed by atoms with Crippen molar-refractivity contribution in [2.24, 2.45) is 0 Å². The first kappa shape index (κ1) is 13.5. The molecule has 0 radical (unpaired) electrons. The average molecular weight is 298 g/mol. The molecule has 108 valence electrons. The molecule has 1 aromatic rings. The zero-order valence-electron chi connectivity index (χ0n) is 10.7. The third-order valence-electron chi connectivity index (χ3n) is 3.80. The van der Waals surface area contributed by atoms with Gasteiger partial charge in [0.25, 0.3) is 0 Å². The predicted molar refractivity (Wildman–Crippen MR) is 72.6 cm³/mol. The molecule has 2 N–H and O–H groups in total. The molecule has 1 amide bonds. The number of anilines is 1. The van der Waals surface area contributed by atoms with Gasteiger partial charge in [0.15, 0.2) is 0 Å². The van der Waals surface area contributed by atoms with Crippen molar-refractivity contribution in [1.29, 1.82) is 0 Å². The summed E-state index contributed by atoms with van der Waals surface area (Å²) in [6.45, 7) is 0. The van der Waals surface area contributed by atoms with Gasteiger partial charge in [-0.2, -0.15) is 0 Å². The number of rotatable bonds is 2. The Balaban J connectivity index is 1.74. The van der Waals surface area contributed by atoms with Crippen molar-refractivity contribution in [2.75, 3.05) is 16.8 Å². The number of amides is 1. The van der Waals surface area contributed by atoms with Gasteiger partial charge in [0.05, 0.1) is 11.5 Å². The number of nitrogens with one attached hydrogen (secondary N) is 2. The highest BCUT2D eigenvalue weighted by atomic mass is 32.2. The van der Waals surface area contributed by atoms with Crippen molar-refractivity contribution in [1.82, 2.24) is 5.32 Å². The van der Waals surface area contributed by atoms with Gasteiger partial charge in [-0.05, 0) is 25.0 Å². The Hall–Kier alpha value is -1.47. The molecule has 0 spiro atoms. The molecule has 2 aliphatic heterocycles. The van der Waals surface area contributed by atoms with Crippen molar-refractivity contribution in [3.63, 3.8) is 0 Å². The summed E-state index contributed by atoms with van der Waals surface area (Å²) in [5.41, 5.74) is 1.20. The molecule has 0 bridgehead atoms. The summed E-state index contributed by atoms with van der Waals surface area (Å²) in [6, 6.07) is 3.65. The van der Waals surface area contributed by atoms with E-state index < -0.39 is 21.7 Å². The van der Waals surface area contributed by atoms with Crippen molar-refractivity contribution >= 4 is 21.4 Å². The third-order valence-corrected chi connectivity index (χ3v) is 5.52. The monoisotopic (exact) mass is 298 g/mol. The third kappa shape index (κ3) is 2.55. The molecular weight excluding hydrogens is 283 g/mol. The lowest BCUT2D eigenvalue weighted by Gasteiger charge is -2.25. The second-order valence-electron chi connectivity index (χ2n) is 5.25. The highest BCUT2D eigenvalue weighted by molar-refractivity contribution is 7.91. The average Bonchev–Trinajstić information content (AvgIpc) is 2.67. The Morgan fingerprint density at radius 2 is 1.95 bits per heavy atom. The standard InChI is InChI=1S/C13H15FN2O3S/c14-8-1-2-10-11(7-8)16-13(17)12(10)15-9-3-5-20(18,19)6-4-9/h1-2,7,9,12,15H,3-6H2,(H,16,17). The van der Waals surface area contributed by atoms with E-state index >= 15 is 0 Å². The van der Waals surface area contributed by atoms with E-state index in [1.807, 2.05) is 0 Å². The first-order chi connectivity index (χ1) is 9.44. The number of hydrogen-bond donors (Lipinski definition) is 2. The van der Waals surface area contributed by atoms with Crippen LogP contribution in [0.1, 0.15) is 24.4 Å². The molecule has 1 fully saturated rings. The second kappa shape index (κ2) is 4.82. The molecule has 1 atom stereocenters. The molecule has 2 aliphatic rings. The van der Waals surface area contributed by atoms with Crippen molar-refractivity contribution in [3.8, 4) is 0 Å². The molecule has 1 saturated heterocycles. The number of carbonyl (C=O) groups is 1. The number of sulfone groups is 1. The van der Waals surface area contributed by atoms with Gasteiger partial charge in [-0.3, -0.25) is 10.1 Å². The van der Waals surface area contributed by atoms with Crippen LogP contribution in [0.5, 0.6) is 0 Å². The normalized spacial score (nSPS) is 25.2. The van der Waals surface area contributed by atoms with Crippen LogP contribution < -0.4 is 10.6 Å². The summed E-state index contributed by atoms with van der Waals surface area (Å²) in [7, 11) is -2.92. The fourth-order valence-electron chi connectivity index (χ4n) is 2.69. The minimum atomic E-state index is -2.92. The Morgan fingerprint density at radius 1 is 1.25 bits per heavy atom. The van der Waals surface area contributed by atoms with Crippen LogP contribution in [0.4, 0.5) is 10.1 Å². The van der Waals surface area contributed by atoms with Gasteiger partial charge in [-0.15, -0.1) is 0 Å². The SMILES string of the molecule is O=C1Nc2cc(F)ccc2C1NC1CCS(=O)(=O)CC1. The second-order valence-corrected chi connectivity index (χ2v) is 7.55. The van der Waals surface area contributed by atoms with Gasteiger partial charge < -0.3 is 5.32 Å². The van der Waals surface area contributed by atoms with Gasteiger partial charge >= 0.3 is 0 Å². The molecule has 3 rings (SSSR count). The molecule has 1 aromatic carbocycles. The number of fused-ring (bicyclic) bond motifs is 1. The fourth-order valence-corrected chi connectivity index (χ4v) is 4.18. The fraction of sp³-hybridized carbons (Fsp3) is 0.462. The smallest absolute Gasteiger partial charge is 0.246 e. The quantitative estimate of drug-likeness (QED) is 0.853. The number of hydrogen-bond acceptors (Lipinski definition) is 4. The molecule has 1 unspecified atom stereocenters. The Labute approximate surface area is 116 Å². The summed E-state index contributed by atoms with van der Waals surface area (Å²) >= 11 is 0. The van der Waals surface area contributed by atoms with Crippen molar-refractivity contribution < 1.29 is 17.6 Å². The van der Waals surface area contributed by atoms with Crippen LogP contribution in [0.15, 0.2) is 18.2 Å². The van der Waals surface area contributed by atoms with Crippen LogP contribution in [0.3, 0.4) is 0 Å². The molecule has 20 heavy (non-hydrogen) atoms. The minimum absolute atomic E-state index is 0.00900. The van der Waals surface area contributed by atoms with Crippen LogP contribution in [0, 0.1) is 5.82 Å². The van der Waals surface area contributed by atoms with Crippen molar-refractivity contribution in [2.45, 2.75) is 24.9 Å². The summed E-state index contributed by atoms with van der Waals surface area (Å²) < 4.78 is 35.9. The molecule has 0 aliphatic carbocycles. The number of halogens is 1.